The van der Waals surface area contributed by atoms with Crippen molar-refractivity contribution in [2.24, 2.45) is 0 Å². The van der Waals surface area contributed by atoms with Gasteiger partial charge in [-0.05, 0) is 32.9 Å². The molecule has 0 aliphatic heterocycles. The van der Waals surface area contributed by atoms with E-state index in [-0.39, 0.29) is 0 Å². The summed E-state index contributed by atoms with van der Waals surface area (Å²) in [6, 6.07) is 5.80. The lowest BCUT2D eigenvalue weighted by Gasteiger charge is -2.33. The van der Waals surface area contributed by atoms with Crippen molar-refractivity contribution in [3.8, 4) is 5.75 Å². The first-order valence-electron chi connectivity index (χ1n) is 6.32. The van der Waals surface area contributed by atoms with Crippen LogP contribution >= 0.6 is 0 Å². The Balaban J connectivity index is 3.02. The normalized spacial score (nSPS) is 11.2. The van der Waals surface area contributed by atoms with Crippen LogP contribution in [0.2, 0.25) is 0 Å². The third-order valence-corrected chi connectivity index (χ3v) is 3.56. The van der Waals surface area contributed by atoms with E-state index in [0.717, 1.165) is 23.1 Å². The highest BCUT2D eigenvalue weighted by Crippen LogP contribution is 2.28. The molecule has 0 saturated heterocycles. The number of hydrogen-bond donors (Lipinski definition) is 1. The monoisotopic (exact) mass is 251 g/mol. The molecule has 1 amide bonds. The Morgan fingerprint density at radius 2 is 1.94 bits per heavy atom. The number of rotatable bonds is 4. The van der Waals surface area contributed by atoms with Gasteiger partial charge in [0.1, 0.15) is 11.4 Å². The van der Waals surface area contributed by atoms with E-state index in [1.807, 2.05) is 25.1 Å². The van der Waals surface area contributed by atoms with Gasteiger partial charge in [0, 0.05) is 18.7 Å². The summed E-state index contributed by atoms with van der Waals surface area (Å²) in [5.74, 6) is 0.578. The van der Waals surface area contributed by atoms with Crippen LogP contribution in [0.3, 0.4) is 0 Å². The van der Waals surface area contributed by atoms with E-state index in [1.54, 1.807) is 7.05 Å². The molecule has 0 bridgehead atoms. The van der Waals surface area contributed by atoms with Crippen LogP contribution < -0.4 is 14.5 Å². The van der Waals surface area contributed by atoms with E-state index in [0.29, 0.717) is 5.75 Å². The highest BCUT2D eigenvalue weighted by Gasteiger charge is 2.22. The van der Waals surface area contributed by atoms with Gasteiger partial charge in [-0.2, -0.15) is 0 Å². The molecule has 0 atom stereocenters. The van der Waals surface area contributed by atoms with Crippen molar-refractivity contribution in [2.45, 2.75) is 20.8 Å². The molecule has 0 aliphatic carbocycles. The van der Waals surface area contributed by atoms with Gasteiger partial charge in [-0.25, -0.2) is 4.79 Å². The Bertz CT molecular complexity index is 426. The summed E-state index contributed by atoms with van der Waals surface area (Å²) in [6.07, 6.45) is -0.439. The number of nitrogens with zero attached hydrogens (tertiary/aromatic N) is 1. The number of carbonyl (C=O) groups excluding carboxylic acids is 1. The number of quaternary nitrogens is 1. The Morgan fingerprint density at radius 1 is 1.33 bits per heavy atom. The molecule has 18 heavy (non-hydrogen) atoms. The van der Waals surface area contributed by atoms with Crippen molar-refractivity contribution in [1.29, 1.82) is 0 Å². The zero-order valence-electron chi connectivity index (χ0n) is 11.9. The van der Waals surface area contributed by atoms with E-state index in [4.69, 9.17) is 4.74 Å². The summed E-state index contributed by atoms with van der Waals surface area (Å²) in [5.41, 5.74) is 2.41. The number of benzene rings is 1. The summed E-state index contributed by atoms with van der Waals surface area (Å²) in [4.78, 5) is 11.1. The lowest BCUT2D eigenvalue weighted by atomic mass is 10.1. The Labute approximate surface area is 109 Å². The summed E-state index contributed by atoms with van der Waals surface area (Å²) in [5, 5.41) is 2.44. The molecule has 0 aliphatic rings. The molecule has 0 saturated carbocycles. The van der Waals surface area contributed by atoms with Crippen LogP contribution in [-0.2, 0) is 0 Å². The molecule has 1 aromatic carbocycles. The van der Waals surface area contributed by atoms with E-state index in [1.165, 1.54) is 5.69 Å². The molecule has 0 aromatic heterocycles. The predicted molar refractivity (Wildman–Crippen MR) is 75.1 cm³/mol. The van der Waals surface area contributed by atoms with Crippen molar-refractivity contribution in [2.75, 3.05) is 27.2 Å². The summed E-state index contributed by atoms with van der Waals surface area (Å²) >= 11 is 0. The van der Waals surface area contributed by atoms with Crippen LogP contribution in [0.25, 0.3) is 0 Å². The van der Waals surface area contributed by atoms with Crippen LogP contribution in [0.4, 0.5) is 10.5 Å². The maximum atomic E-state index is 11.1. The number of nitrogens with one attached hydrogen (secondary N) is 1. The molecule has 0 fully saturated rings. The molecule has 1 aromatic rings. The van der Waals surface area contributed by atoms with E-state index in [2.05, 4.69) is 26.2 Å². The molecular weight excluding hydrogens is 228 g/mol. The topological polar surface area (TPSA) is 38.3 Å². The minimum Gasteiger partial charge on any atom is -0.410 e. The number of aryl methyl sites for hydroxylation is 1. The van der Waals surface area contributed by atoms with Gasteiger partial charge in [0.2, 0.25) is 0 Å². The maximum absolute atomic E-state index is 11.1. The molecule has 100 valence electrons. The first-order chi connectivity index (χ1) is 8.46. The minimum atomic E-state index is -0.439. The van der Waals surface area contributed by atoms with E-state index >= 15 is 0 Å². The smallest absolute Gasteiger partial charge is 0.410 e. The van der Waals surface area contributed by atoms with Gasteiger partial charge >= 0.3 is 6.09 Å². The molecule has 0 heterocycles. The largest absolute Gasteiger partial charge is 0.412 e. The number of hydrogen-bond acceptors (Lipinski definition) is 2. The summed E-state index contributed by atoms with van der Waals surface area (Å²) in [7, 11) is 3.76. The standard InChI is InChI=1S/C14H22N2O2/c1-6-16(5,7-2)13-9-8-12(10-11(13)3)18-14(17)15-4/h8-10H,6-7H2,1-5H3/p+1. The lowest BCUT2D eigenvalue weighted by molar-refractivity contribution is 0.203. The van der Waals surface area contributed by atoms with E-state index in [9.17, 15) is 4.79 Å². The van der Waals surface area contributed by atoms with Crippen LogP contribution in [-0.4, -0.2) is 33.3 Å². The highest BCUT2D eigenvalue weighted by molar-refractivity contribution is 5.70. The van der Waals surface area contributed by atoms with Crippen LogP contribution in [0.15, 0.2) is 18.2 Å². The average Bonchev–Trinajstić information content (AvgIpc) is 2.37. The fourth-order valence-corrected chi connectivity index (χ4v) is 2.02. The molecule has 4 nitrogen and oxygen atoms in total. The van der Waals surface area contributed by atoms with Crippen LogP contribution in [0.5, 0.6) is 5.75 Å². The first-order valence-corrected chi connectivity index (χ1v) is 6.32. The van der Waals surface area contributed by atoms with E-state index < -0.39 is 6.09 Å². The van der Waals surface area contributed by atoms with Crippen molar-refractivity contribution in [1.82, 2.24) is 9.80 Å². The molecular formula is C14H23N2O2+. The SMILES string of the molecule is CC[N+](C)(CC)c1ccc(OC(=O)NC)cc1C. The Morgan fingerprint density at radius 3 is 2.39 bits per heavy atom. The lowest BCUT2D eigenvalue weighted by Crippen LogP contribution is -2.45. The predicted octanol–water partition coefficient (Wildman–Crippen LogP) is 2.69. The third kappa shape index (κ3) is 3.01. The van der Waals surface area contributed by atoms with Crippen molar-refractivity contribution in [3.63, 3.8) is 0 Å². The minimum absolute atomic E-state index is 0.439. The van der Waals surface area contributed by atoms with Crippen molar-refractivity contribution in [3.05, 3.63) is 23.8 Å². The second kappa shape index (κ2) is 5.87. The van der Waals surface area contributed by atoms with Gasteiger partial charge < -0.3 is 10.1 Å². The second-order valence-corrected chi connectivity index (χ2v) is 4.62. The van der Waals surface area contributed by atoms with Crippen molar-refractivity contribution < 1.29 is 9.53 Å². The number of amides is 1. The summed E-state index contributed by atoms with van der Waals surface area (Å²) in [6.45, 7) is 8.48. The number of carbonyl (C=O) groups is 1. The number of ether oxygens (including phenoxy) is 1. The quantitative estimate of drug-likeness (QED) is 0.836. The van der Waals surface area contributed by atoms with Gasteiger partial charge in [0.15, 0.2) is 0 Å². The van der Waals surface area contributed by atoms with Gasteiger partial charge in [-0.3, -0.25) is 4.48 Å². The molecule has 0 spiro atoms. The molecule has 1 N–H and O–H groups in total. The third-order valence-electron chi connectivity index (χ3n) is 3.56. The molecule has 0 unspecified atom stereocenters. The molecule has 0 radical (unpaired) electrons. The zero-order valence-corrected chi connectivity index (χ0v) is 11.9. The molecule has 4 heteroatoms. The van der Waals surface area contributed by atoms with Gasteiger partial charge in [-0.1, -0.05) is 0 Å². The van der Waals surface area contributed by atoms with Crippen LogP contribution in [0.1, 0.15) is 19.4 Å². The van der Waals surface area contributed by atoms with Gasteiger partial charge in [-0.15, -0.1) is 0 Å². The summed E-state index contributed by atoms with van der Waals surface area (Å²) < 4.78 is 6.00. The Hall–Kier alpha value is -1.55. The van der Waals surface area contributed by atoms with Gasteiger partial charge in [0.05, 0.1) is 20.1 Å². The zero-order chi connectivity index (χ0) is 13.8. The highest BCUT2D eigenvalue weighted by atomic mass is 16.5. The van der Waals surface area contributed by atoms with Crippen LogP contribution in [0, 0.1) is 6.92 Å². The maximum Gasteiger partial charge on any atom is 0.412 e. The van der Waals surface area contributed by atoms with Crippen molar-refractivity contribution >= 4 is 11.8 Å². The first kappa shape index (κ1) is 14.5. The average molecular weight is 251 g/mol. The fraction of sp³-hybridized carbons (Fsp3) is 0.500. The Kier molecular flexibility index (Phi) is 4.73. The van der Waals surface area contributed by atoms with Gasteiger partial charge in [0.25, 0.3) is 0 Å². The fourth-order valence-electron chi connectivity index (χ4n) is 2.02. The second-order valence-electron chi connectivity index (χ2n) is 4.62. The molecule has 1 rings (SSSR count).